The molecule has 0 bridgehead atoms. The Bertz CT molecular complexity index is 211. The summed E-state index contributed by atoms with van der Waals surface area (Å²) in [5.74, 6) is 0. The number of nitrogens with two attached hydrogens (primary N) is 1. The Hall–Kier alpha value is -0.450. The fraction of sp³-hybridized carbons (Fsp3) is 0.500. The van der Waals surface area contributed by atoms with Crippen molar-refractivity contribution in [1.82, 2.24) is 4.98 Å². The van der Waals surface area contributed by atoms with Crippen LogP contribution in [0.5, 0.6) is 0 Å². The third-order valence-corrected chi connectivity index (χ3v) is 2.38. The van der Waals surface area contributed by atoms with E-state index in [0.717, 1.165) is 10.6 Å². The van der Waals surface area contributed by atoms with E-state index in [0.29, 0.717) is 0 Å². The summed E-state index contributed by atoms with van der Waals surface area (Å²) in [6, 6.07) is -0.257. The minimum absolute atomic E-state index is 0.0109. The summed E-state index contributed by atoms with van der Waals surface area (Å²) in [4.78, 5) is 4.99. The highest BCUT2D eigenvalue weighted by Crippen LogP contribution is 2.18. The van der Waals surface area contributed by atoms with Crippen LogP contribution < -0.4 is 5.73 Å². The fourth-order valence-corrected chi connectivity index (χ4v) is 1.55. The van der Waals surface area contributed by atoms with Crippen LogP contribution in [0.2, 0.25) is 0 Å². The van der Waals surface area contributed by atoms with Gasteiger partial charge >= 0.3 is 0 Å². The molecule has 0 fully saturated rings. The van der Waals surface area contributed by atoms with Gasteiger partial charge in [0.25, 0.3) is 0 Å². The molecule has 56 valence electrons. The summed E-state index contributed by atoms with van der Waals surface area (Å²) in [5, 5.41) is 8.68. The molecule has 1 heterocycles. The molecule has 0 amide bonds. The van der Waals surface area contributed by atoms with Crippen molar-refractivity contribution in [3.63, 3.8) is 0 Å². The van der Waals surface area contributed by atoms with Crippen molar-refractivity contribution in [1.29, 1.82) is 0 Å². The van der Waals surface area contributed by atoms with Crippen LogP contribution in [-0.2, 0) is 0 Å². The van der Waals surface area contributed by atoms with Crippen molar-refractivity contribution < 1.29 is 5.11 Å². The first-order valence-corrected chi connectivity index (χ1v) is 3.90. The van der Waals surface area contributed by atoms with E-state index < -0.39 is 0 Å². The normalized spacial score (nSPS) is 13.5. The molecule has 0 saturated heterocycles. The molecule has 3 nitrogen and oxygen atoms in total. The summed E-state index contributed by atoms with van der Waals surface area (Å²) in [6.07, 6.45) is 0. The maximum Gasteiger partial charge on any atom is 0.0798 e. The fourth-order valence-electron chi connectivity index (χ4n) is 0.750. The molecular weight excluding hydrogens is 148 g/mol. The minimum Gasteiger partial charge on any atom is -0.394 e. The van der Waals surface area contributed by atoms with Crippen LogP contribution in [0.25, 0.3) is 0 Å². The number of hydrogen-bond acceptors (Lipinski definition) is 4. The van der Waals surface area contributed by atoms with E-state index in [1.165, 1.54) is 11.3 Å². The number of aliphatic hydroxyl groups excluding tert-OH is 1. The standard InChI is InChI=1S/C6H10N2OS/c1-4-6(5(7)2-9)10-3-8-4/h3,5,9H,2,7H2,1H3. The Labute approximate surface area is 63.5 Å². The second-order valence-electron chi connectivity index (χ2n) is 2.09. The average molecular weight is 158 g/mol. The Morgan fingerprint density at radius 3 is 3.00 bits per heavy atom. The zero-order chi connectivity index (χ0) is 7.56. The van der Waals surface area contributed by atoms with Gasteiger partial charge in [-0.25, -0.2) is 4.98 Å². The van der Waals surface area contributed by atoms with Gasteiger partial charge in [-0.15, -0.1) is 11.3 Å². The zero-order valence-electron chi connectivity index (χ0n) is 5.74. The molecule has 0 aliphatic heterocycles. The van der Waals surface area contributed by atoms with Gasteiger partial charge in [-0.05, 0) is 6.92 Å². The number of aryl methyl sites for hydroxylation is 1. The number of aliphatic hydroxyl groups is 1. The van der Waals surface area contributed by atoms with E-state index >= 15 is 0 Å². The SMILES string of the molecule is Cc1ncsc1C(N)CO. The first kappa shape index (κ1) is 7.65. The minimum atomic E-state index is -0.257. The first-order valence-electron chi connectivity index (χ1n) is 3.02. The third-order valence-electron chi connectivity index (χ3n) is 1.32. The van der Waals surface area contributed by atoms with Crippen LogP contribution in [-0.4, -0.2) is 16.7 Å². The highest BCUT2D eigenvalue weighted by Gasteiger charge is 2.08. The summed E-state index contributed by atoms with van der Waals surface area (Å²) < 4.78 is 0. The Kier molecular flexibility index (Phi) is 2.37. The molecule has 0 spiro atoms. The van der Waals surface area contributed by atoms with Gasteiger partial charge in [0.15, 0.2) is 0 Å². The number of hydrogen-bond donors (Lipinski definition) is 2. The van der Waals surface area contributed by atoms with Crippen LogP contribution in [0.3, 0.4) is 0 Å². The number of nitrogens with zero attached hydrogens (tertiary/aromatic N) is 1. The van der Waals surface area contributed by atoms with Gasteiger partial charge in [0.05, 0.1) is 23.9 Å². The molecule has 0 saturated carbocycles. The monoisotopic (exact) mass is 158 g/mol. The zero-order valence-corrected chi connectivity index (χ0v) is 6.56. The Morgan fingerprint density at radius 1 is 1.90 bits per heavy atom. The molecule has 10 heavy (non-hydrogen) atoms. The van der Waals surface area contributed by atoms with Crippen LogP contribution >= 0.6 is 11.3 Å². The second kappa shape index (κ2) is 3.09. The van der Waals surface area contributed by atoms with E-state index in [2.05, 4.69) is 4.98 Å². The van der Waals surface area contributed by atoms with Crippen LogP contribution in [0, 0.1) is 6.92 Å². The molecule has 1 aromatic rings. The predicted octanol–water partition coefficient (Wildman–Crippen LogP) is 0.444. The molecule has 4 heteroatoms. The van der Waals surface area contributed by atoms with Gasteiger partial charge in [-0.1, -0.05) is 0 Å². The summed E-state index contributed by atoms with van der Waals surface area (Å²) in [5.41, 5.74) is 8.22. The lowest BCUT2D eigenvalue weighted by atomic mass is 10.2. The Morgan fingerprint density at radius 2 is 2.60 bits per heavy atom. The Balaban J connectivity index is 2.82. The maximum absolute atomic E-state index is 8.68. The molecule has 0 aliphatic carbocycles. The van der Waals surface area contributed by atoms with Crippen molar-refractivity contribution in [3.8, 4) is 0 Å². The second-order valence-corrected chi connectivity index (χ2v) is 2.98. The third kappa shape index (κ3) is 1.34. The molecule has 3 N–H and O–H groups in total. The largest absolute Gasteiger partial charge is 0.394 e. The molecular formula is C6H10N2OS. The van der Waals surface area contributed by atoms with Gasteiger partial charge in [0.2, 0.25) is 0 Å². The summed E-state index contributed by atoms with van der Waals surface area (Å²) in [6.45, 7) is 1.88. The lowest BCUT2D eigenvalue weighted by Gasteiger charge is -2.04. The average Bonchev–Trinajstić information content (AvgIpc) is 2.34. The summed E-state index contributed by atoms with van der Waals surface area (Å²) in [7, 11) is 0. The van der Waals surface area contributed by atoms with Gasteiger partial charge in [-0.2, -0.15) is 0 Å². The van der Waals surface area contributed by atoms with Gasteiger partial charge in [-0.3, -0.25) is 0 Å². The summed E-state index contributed by atoms with van der Waals surface area (Å²) >= 11 is 1.49. The molecule has 1 unspecified atom stereocenters. The number of aromatic nitrogens is 1. The van der Waals surface area contributed by atoms with Crippen molar-refractivity contribution in [2.24, 2.45) is 5.73 Å². The van der Waals surface area contributed by atoms with Crippen LogP contribution in [0.1, 0.15) is 16.6 Å². The highest BCUT2D eigenvalue weighted by atomic mass is 32.1. The molecule has 0 aromatic carbocycles. The first-order chi connectivity index (χ1) is 4.75. The lowest BCUT2D eigenvalue weighted by Crippen LogP contribution is -2.13. The van der Waals surface area contributed by atoms with Crippen molar-refractivity contribution in [2.45, 2.75) is 13.0 Å². The van der Waals surface area contributed by atoms with Gasteiger partial charge in [0, 0.05) is 4.88 Å². The van der Waals surface area contributed by atoms with Crippen LogP contribution in [0.15, 0.2) is 5.51 Å². The smallest absolute Gasteiger partial charge is 0.0798 e. The molecule has 0 radical (unpaired) electrons. The predicted molar refractivity (Wildman–Crippen MR) is 40.9 cm³/mol. The van der Waals surface area contributed by atoms with Crippen molar-refractivity contribution in [2.75, 3.05) is 6.61 Å². The van der Waals surface area contributed by atoms with Crippen molar-refractivity contribution in [3.05, 3.63) is 16.1 Å². The number of rotatable bonds is 2. The number of thiazole rings is 1. The highest BCUT2D eigenvalue weighted by molar-refractivity contribution is 7.09. The van der Waals surface area contributed by atoms with Crippen LogP contribution in [0.4, 0.5) is 0 Å². The maximum atomic E-state index is 8.68. The van der Waals surface area contributed by atoms with E-state index in [9.17, 15) is 0 Å². The van der Waals surface area contributed by atoms with E-state index in [1.54, 1.807) is 5.51 Å². The quantitative estimate of drug-likeness (QED) is 0.656. The van der Waals surface area contributed by atoms with E-state index in [1.807, 2.05) is 6.92 Å². The van der Waals surface area contributed by atoms with Gasteiger partial charge < -0.3 is 10.8 Å². The molecule has 1 rings (SSSR count). The van der Waals surface area contributed by atoms with E-state index in [-0.39, 0.29) is 12.6 Å². The van der Waals surface area contributed by atoms with E-state index in [4.69, 9.17) is 10.8 Å². The topological polar surface area (TPSA) is 59.1 Å². The molecule has 1 aromatic heterocycles. The molecule has 0 aliphatic rings. The molecule has 1 atom stereocenters. The lowest BCUT2D eigenvalue weighted by molar-refractivity contribution is 0.269. The van der Waals surface area contributed by atoms with Gasteiger partial charge in [0.1, 0.15) is 0 Å². The van der Waals surface area contributed by atoms with Crippen molar-refractivity contribution >= 4 is 11.3 Å².